The van der Waals surface area contributed by atoms with Gasteiger partial charge in [-0.25, -0.2) is 0 Å². The molecule has 0 bridgehead atoms. The number of aliphatic hydroxyl groups is 1. The molecule has 2 unspecified atom stereocenters. The Hall–Kier alpha value is -0.390. The van der Waals surface area contributed by atoms with Crippen molar-refractivity contribution in [2.45, 2.75) is 24.7 Å². The van der Waals surface area contributed by atoms with Crippen LogP contribution in [0.1, 0.15) is 25.0 Å². The highest BCUT2D eigenvalue weighted by Gasteiger charge is 2.24. The fourth-order valence-corrected chi connectivity index (χ4v) is 4.55. The van der Waals surface area contributed by atoms with Crippen LogP contribution in [-0.2, 0) is 0 Å². The minimum absolute atomic E-state index is 0.270. The molecule has 3 nitrogen and oxygen atoms in total. The number of pyridine rings is 1. The third-order valence-corrected chi connectivity index (χ3v) is 5.59. The Morgan fingerprint density at radius 1 is 1.50 bits per heavy atom. The number of rotatable bonds is 5. The topological polar surface area (TPSA) is 42.4 Å². The van der Waals surface area contributed by atoms with Crippen LogP contribution >= 0.6 is 23.5 Å². The molecule has 1 aliphatic heterocycles. The van der Waals surface area contributed by atoms with Gasteiger partial charge in [-0.3, -0.25) is 4.98 Å². The highest BCUT2D eigenvalue weighted by atomic mass is 32.2. The molecule has 0 saturated carbocycles. The Kier molecular flexibility index (Phi) is 5.66. The van der Waals surface area contributed by atoms with Crippen LogP contribution in [0.3, 0.4) is 0 Å². The van der Waals surface area contributed by atoms with Crippen molar-refractivity contribution in [2.75, 3.05) is 23.9 Å². The highest BCUT2D eigenvalue weighted by molar-refractivity contribution is 8.06. The van der Waals surface area contributed by atoms with Crippen LogP contribution in [0.4, 0.5) is 0 Å². The first-order chi connectivity index (χ1) is 8.81. The Labute approximate surface area is 117 Å². The number of aliphatic hydroxyl groups excluding tert-OH is 1. The van der Waals surface area contributed by atoms with Crippen molar-refractivity contribution >= 4 is 23.5 Å². The summed E-state index contributed by atoms with van der Waals surface area (Å²) in [6.07, 6.45) is 3.97. The van der Waals surface area contributed by atoms with E-state index in [-0.39, 0.29) is 5.25 Å². The molecule has 5 heteroatoms. The summed E-state index contributed by atoms with van der Waals surface area (Å²) in [5, 5.41) is 10.6. The zero-order valence-electron chi connectivity index (χ0n) is 10.5. The molecule has 1 aliphatic rings. The lowest BCUT2D eigenvalue weighted by Crippen LogP contribution is -2.22. The first-order valence-corrected chi connectivity index (χ1v) is 8.46. The van der Waals surface area contributed by atoms with E-state index in [1.54, 1.807) is 12.4 Å². The smallest absolute Gasteiger partial charge is 0.137 e. The second-order valence-electron chi connectivity index (χ2n) is 4.23. The van der Waals surface area contributed by atoms with Crippen molar-refractivity contribution in [3.05, 3.63) is 24.0 Å². The van der Waals surface area contributed by atoms with Gasteiger partial charge < -0.3 is 9.84 Å². The van der Waals surface area contributed by atoms with Gasteiger partial charge >= 0.3 is 0 Å². The maximum Gasteiger partial charge on any atom is 0.137 e. The predicted molar refractivity (Wildman–Crippen MR) is 78.6 cm³/mol. The molecule has 1 fully saturated rings. The molecule has 1 aromatic rings. The average Bonchev–Trinajstić information content (AvgIpc) is 2.45. The van der Waals surface area contributed by atoms with Crippen LogP contribution in [0.5, 0.6) is 5.75 Å². The van der Waals surface area contributed by atoms with Gasteiger partial charge in [0.2, 0.25) is 0 Å². The van der Waals surface area contributed by atoms with E-state index >= 15 is 0 Å². The van der Waals surface area contributed by atoms with Crippen LogP contribution in [0.15, 0.2) is 18.5 Å². The minimum atomic E-state index is -0.444. The minimum Gasteiger partial charge on any atom is -0.492 e. The molecule has 1 saturated heterocycles. The van der Waals surface area contributed by atoms with E-state index in [1.807, 2.05) is 29.6 Å². The predicted octanol–water partition coefficient (Wildman–Crippen LogP) is 2.75. The van der Waals surface area contributed by atoms with Crippen molar-refractivity contribution in [3.8, 4) is 5.75 Å². The summed E-state index contributed by atoms with van der Waals surface area (Å²) in [5.74, 6) is 4.06. The molecule has 0 amide bonds. The Bertz CT molecular complexity index is 370. The lowest BCUT2D eigenvalue weighted by molar-refractivity contribution is 0.179. The molecule has 1 N–H and O–H groups in total. The largest absolute Gasteiger partial charge is 0.492 e. The molecular formula is C13H19NO2S2. The van der Waals surface area contributed by atoms with Gasteiger partial charge in [0.25, 0.3) is 0 Å². The van der Waals surface area contributed by atoms with Crippen LogP contribution in [0, 0.1) is 0 Å². The maximum atomic E-state index is 10.4. The number of hydrogen-bond acceptors (Lipinski definition) is 5. The van der Waals surface area contributed by atoms with E-state index in [0.717, 1.165) is 29.2 Å². The second-order valence-corrected chi connectivity index (χ2v) is 6.73. The van der Waals surface area contributed by atoms with Crippen LogP contribution in [0.25, 0.3) is 0 Å². The molecule has 0 spiro atoms. The van der Waals surface area contributed by atoms with Crippen molar-refractivity contribution in [1.29, 1.82) is 0 Å². The van der Waals surface area contributed by atoms with Crippen LogP contribution < -0.4 is 4.74 Å². The summed E-state index contributed by atoms with van der Waals surface area (Å²) in [5.41, 5.74) is 0.864. The normalized spacial score (nSPS) is 21.6. The van der Waals surface area contributed by atoms with Gasteiger partial charge in [0.15, 0.2) is 0 Å². The van der Waals surface area contributed by atoms with Gasteiger partial charge in [0, 0.05) is 34.3 Å². The van der Waals surface area contributed by atoms with E-state index in [4.69, 9.17) is 4.74 Å². The fraction of sp³-hybridized carbons (Fsp3) is 0.615. The lowest BCUT2D eigenvalue weighted by Gasteiger charge is -2.26. The SMILES string of the molecule is CCCOc1cncc(C(O)C2CSCCS2)c1. The standard InChI is InChI=1S/C13H19NO2S2/c1-2-3-16-11-6-10(7-14-8-11)13(15)12-9-17-4-5-18-12/h6-8,12-13,15H,2-5,9H2,1H3. The molecule has 2 rings (SSSR count). The third kappa shape index (κ3) is 3.80. The second kappa shape index (κ2) is 7.26. The van der Waals surface area contributed by atoms with Crippen LogP contribution in [0.2, 0.25) is 0 Å². The Balaban J connectivity index is 2.02. The molecule has 100 valence electrons. The van der Waals surface area contributed by atoms with E-state index in [0.29, 0.717) is 6.61 Å². The summed E-state index contributed by atoms with van der Waals surface area (Å²) in [6.45, 7) is 2.76. The fourth-order valence-electron chi connectivity index (χ4n) is 1.80. The number of thioether (sulfide) groups is 2. The Morgan fingerprint density at radius 3 is 3.11 bits per heavy atom. The molecule has 1 aromatic heterocycles. The zero-order chi connectivity index (χ0) is 12.8. The number of ether oxygens (including phenoxy) is 1. The quantitative estimate of drug-likeness (QED) is 0.901. The number of nitrogens with zero attached hydrogens (tertiary/aromatic N) is 1. The molecular weight excluding hydrogens is 266 g/mol. The van der Waals surface area contributed by atoms with Gasteiger partial charge in [0.1, 0.15) is 5.75 Å². The van der Waals surface area contributed by atoms with Gasteiger partial charge in [-0.1, -0.05) is 6.92 Å². The van der Waals surface area contributed by atoms with Crippen molar-refractivity contribution in [3.63, 3.8) is 0 Å². The van der Waals surface area contributed by atoms with Crippen molar-refractivity contribution < 1.29 is 9.84 Å². The van der Waals surface area contributed by atoms with Crippen molar-refractivity contribution in [1.82, 2.24) is 4.98 Å². The zero-order valence-corrected chi connectivity index (χ0v) is 12.2. The van der Waals surface area contributed by atoms with Gasteiger partial charge in [0.05, 0.1) is 18.9 Å². The number of aromatic nitrogens is 1. The van der Waals surface area contributed by atoms with Gasteiger partial charge in [-0.05, 0) is 12.5 Å². The monoisotopic (exact) mass is 285 g/mol. The van der Waals surface area contributed by atoms with Crippen LogP contribution in [-0.4, -0.2) is 39.2 Å². The molecule has 18 heavy (non-hydrogen) atoms. The summed E-state index contributed by atoms with van der Waals surface area (Å²) in [4.78, 5) is 4.15. The summed E-state index contributed by atoms with van der Waals surface area (Å²) < 4.78 is 5.55. The molecule has 0 aromatic carbocycles. The van der Waals surface area contributed by atoms with E-state index in [9.17, 15) is 5.11 Å². The molecule has 2 heterocycles. The Morgan fingerprint density at radius 2 is 2.39 bits per heavy atom. The highest BCUT2D eigenvalue weighted by Crippen LogP contribution is 2.34. The summed E-state index contributed by atoms with van der Waals surface area (Å²) in [7, 11) is 0. The van der Waals surface area contributed by atoms with E-state index in [1.165, 1.54) is 5.75 Å². The van der Waals surface area contributed by atoms with Gasteiger partial charge in [-0.15, -0.1) is 0 Å². The molecule has 0 aliphatic carbocycles. The first-order valence-electron chi connectivity index (χ1n) is 6.26. The number of hydrogen-bond donors (Lipinski definition) is 1. The van der Waals surface area contributed by atoms with Crippen molar-refractivity contribution in [2.24, 2.45) is 0 Å². The maximum absolute atomic E-state index is 10.4. The lowest BCUT2D eigenvalue weighted by atomic mass is 10.1. The van der Waals surface area contributed by atoms with E-state index in [2.05, 4.69) is 11.9 Å². The summed E-state index contributed by atoms with van der Waals surface area (Å²) in [6, 6.07) is 1.91. The summed E-state index contributed by atoms with van der Waals surface area (Å²) >= 11 is 3.76. The van der Waals surface area contributed by atoms with E-state index < -0.39 is 6.10 Å². The first kappa shape index (κ1) is 14.0. The molecule has 0 radical (unpaired) electrons. The average molecular weight is 285 g/mol. The van der Waals surface area contributed by atoms with Gasteiger partial charge in [-0.2, -0.15) is 23.5 Å². The molecule has 2 atom stereocenters. The third-order valence-electron chi connectivity index (χ3n) is 2.74.